The van der Waals surface area contributed by atoms with Gasteiger partial charge in [-0.25, -0.2) is 9.37 Å². The maximum absolute atomic E-state index is 14.3. The van der Waals surface area contributed by atoms with E-state index in [0.29, 0.717) is 15.9 Å². The highest BCUT2D eigenvalue weighted by Crippen LogP contribution is 2.30. The van der Waals surface area contributed by atoms with E-state index in [-0.39, 0.29) is 5.82 Å². The number of aryl methyl sites for hydroxylation is 1. The second kappa shape index (κ2) is 5.05. The molecule has 1 N–H and O–H groups in total. The van der Waals surface area contributed by atoms with Crippen LogP contribution < -0.4 is 5.32 Å². The fraction of sp³-hybridized carbons (Fsp3) is 0.0714. The fourth-order valence-corrected chi connectivity index (χ4v) is 3.28. The van der Waals surface area contributed by atoms with Crippen molar-refractivity contribution in [3.05, 3.63) is 50.8 Å². The lowest BCUT2D eigenvalue weighted by molar-refractivity contribution is 0.645. The van der Waals surface area contributed by atoms with Crippen molar-refractivity contribution in [2.24, 2.45) is 0 Å². The Morgan fingerprint density at radius 1 is 1.21 bits per heavy atom. The van der Waals surface area contributed by atoms with Crippen LogP contribution in [0.5, 0.6) is 0 Å². The summed E-state index contributed by atoms with van der Waals surface area (Å²) in [6.07, 6.45) is 0. The summed E-state index contributed by atoms with van der Waals surface area (Å²) >= 11 is 3.58. The van der Waals surface area contributed by atoms with Gasteiger partial charge in [0.1, 0.15) is 0 Å². The Morgan fingerprint density at radius 2 is 2.00 bits per heavy atom. The first-order chi connectivity index (χ1) is 9.15. The Hall–Kier alpha value is -1.21. The minimum Gasteiger partial charge on any atom is -0.353 e. The average molecular weight is 384 g/mol. The molecule has 0 aliphatic rings. The van der Waals surface area contributed by atoms with Gasteiger partial charge in [0.05, 0.1) is 21.4 Å². The van der Waals surface area contributed by atoms with Crippen molar-refractivity contribution in [2.75, 3.05) is 5.32 Å². The van der Waals surface area contributed by atoms with Crippen LogP contribution in [0.4, 0.5) is 15.8 Å². The Bertz CT molecular complexity index is 754. The van der Waals surface area contributed by atoms with E-state index < -0.39 is 0 Å². The van der Waals surface area contributed by atoms with Gasteiger partial charge in [0.25, 0.3) is 0 Å². The molecule has 0 atom stereocenters. The molecule has 0 amide bonds. The van der Waals surface area contributed by atoms with Gasteiger partial charge in [-0.15, -0.1) is 11.3 Å². The van der Waals surface area contributed by atoms with Crippen LogP contribution in [0, 0.1) is 16.3 Å². The minimum atomic E-state index is -0.238. The van der Waals surface area contributed by atoms with E-state index in [1.165, 1.54) is 14.9 Å². The number of rotatable bonds is 2. The van der Waals surface area contributed by atoms with Crippen LogP contribution in [0.25, 0.3) is 10.2 Å². The minimum absolute atomic E-state index is 0.238. The van der Waals surface area contributed by atoms with Crippen molar-refractivity contribution >= 4 is 55.5 Å². The molecule has 96 valence electrons. The maximum Gasteiger partial charge on any atom is 0.166 e. The number of thiazole rings is 1. The highest BCUT2D eigenvalue weighted by Gasteiger charge is 2.10. The summed E-state index contributed by atoms with van der Waals surface area (Å²) in [5, 5.41) is 3.15. The molecule has 0 aliphatic heterocycles. The standard InChI is InChI=1S/C14H10FIN2S/c1-8-6-9(16)2-3-10(8)18-11-4-5-12-14(13(11)15)19-7-17-12/h2-7,18H,1H3. The van der Waals surface area contributed by atoms with Gasteiger partial charge in [-0.05, 0) is 65.4 Å². The van der Waals surface area contributed by atoms with Gasteiger partial charge in [0.15, 0.2) is 5.82 Å². The molecule has 0 fully saturated rings. The van der Waals surface area contributed by atoms with Crippen LogP contribution in [0.15, 0.2) is 35.8 Å². The molecule has 19 heavy (non-hydrogen) atoms. The molecule has 0 aliphatic carbocycles. The van der Waals surface area contributed by atoms with Crippen molar-refractivity contribution in [1.29, 1.82) is 0 Å². The van der Waals surface area contributed by atoms with Crippen LogP contribution in [0.3, 0.4) is 0 Å². The predicted molar refractivity (Wildman–Crippen MR) is 86.8 cm³/mol. The summed E-state index contributed by atoms with van der Waals surface area (Å²) in [5.41, 5.74) is 4.86. The number of aromatic nitrogens is 1. The molecule has 2 nitrogen and oxygen atoms in total. The van der Waals surface area contributed by atoms with Gasteiger partial charge in [0, 0.05) is 9.26 Å². The van der Waals surface area contributed by atoms with E-state index in [2.05, 4.69) is 39.0 Å². The lowest BCUT2D eigenvalue weighted by Crippen LogP contribution is -1.96. The Kier molecular flexibility index (Phi) is 3.40. The number of hydrogen-bond donors (Lipinski definition) is 1. The predicted octanol–water partition coefficient (Wildman–Crippen LogP) is 5.09. The summed E-state index contributed by atoms with van der Waals surface area (Å²) in [4.78, 5) is 4.11. The first-order valence-electron chi connectivity index (χ1n) is 5.70. The van der Waals surface area contributed by atoms with Crippen molar-refractivity contribution in [3.8, 4) is 0 Å². The third kappa shape index (κ3) is 2.44. The summed E-state index contributed by atoms with van der Waals surface area (Å²) in [5.74, 6) is -0.238. The van der Waals surface area contributed by atoms with Crippen molar-refractivity contribution in [3.63, 3.8) is 0 Å². The van der Waals surface area contributed by atoms with E-state index >= 15 is 0 Å². The van der Waals surface area contributed by atoms with Crippen LogP contribution in [0.1, 0.15) is 5.56 Å². The molecular weight excluding hydrogens is 374 g/mol. The van der Waals surface area contributed by atoms with Gasteiger partial charge in [-0.2, -0.15) is 0 Å². The van der Waals surface area contributed by atoms with Crippen molar-refractivity contribution < 1.29 is 4.39 Å². The highest BCUT2D eigenvalue weighted by molar-refractivity contribution is 14.1. The third-order valence-corrected chi connectivity index (χ3v) is 4.40. The Labute approximate surface area is 127 Å². The summed E-state index contributed by atoms with van der Waals surface area (Å²) in [7, 11) is 0. The molecule has 0 radical (unpaired) electrons. The first-order valence-corrected chi connectivity index (χ1v) is 7.66. The van der Waals surface area contributed by atoms with Crippen LogP contribution in [-0.2, 0) is 0 Å². The quantitative estimate of drug-likeness (QED) is 0.623. The number of benzene rings is 2. The molecule has 5 heteroatoms. The van der Waals surface area contributed by atoms with Gasteiger partial charge < -0.3 is 5.32 Å². The smallest absolute Gasteiger partial charge is 0.166 e. The van der Waals surface area contributed by atoms with E-state index in [1.807, 2.05) is 25.1 Å². The van der Waals surface area contributed by atoms with Crippen molar-refractivity contribution in [1.82, 2.24) is 4.98 Å². The number of fused-ring (bicyclic) bond motifs is 1. The summed E-state index contributed by atoms with van der Waals surface area (Å²) in [6, 6.07) is 9.59. The normalized spacial score (nSPS) is 10.9. The molecule has 0 saturated carbocycles. The van der Waals surface area contributed by atoms with Gasteiger partial charge >= 0.3 is 0 Å². The number of anilines is 2. The largest absolute Gasteiger partial charge is 0.353 e. The Morgan fingerprint density at radius 3 is 2.79 bits per heavy atom. The molecule has 3 rings (SSSR count). The van der Waals surface area contributed by atoms with Gasteiger partial charge in [-0.1, -0.05) is 0 Å². The maximum atomic E-state index is 14.3. The second-order valence-electron chi connectivity index (χ2n) is 4.21. The van der Waals surface area contributed by atoms with E-state index in [1.54, 1.807) is 11.6 Å². The molecular formula is C14H10FIN2S. The highest BCUT2D eigenvalue weighted by atomic mass is 127. The Balaban J connectivity index is 2.03. The third-order valence-electron chi connectivity index (χ3n) is 2.90. The zero-order valence-corrected chi connectivity index (χ0v) is 13.0. The van der Waals surface area contributed by atoms with E-state index in [0.717, 1.165) is 11.3 Å². The zero-order chi connectivity index (χ0) is 13.4. The number of hydrogen-bond acceptors (Lipinski definition) is 3. The number of nitrogens with zero attached hydrogens (tertiary/aromatic N) is 1. The zero-order valence-electron chi connectivity index (χ0n) is 10.1. The van der Waals surface area contributed by atoms with Gasteiger partial charge in [0.2, 0.25) is 0 Å². The molecule has 1 heterocycles. The molecule has 0 spiro atoms. The fourth-order valence-electron chi connectivity index (χ4n) is 1.90. The molecule has 0 bridgehead atoms. The SMILES string of the molecule is Cc1cc(I)ccc1Nc1ccc2ncsc2c1F. The summed E-state index contributed by atoms with van der Waals surface area (Å²) < 4.78 is 16.1. The topological polar surface area (TPSA) is 24.9 Å². The number of nitrogens with one attached hydrogen (secondary N) is 1. The van der Waals surface area contributed by atoms with Crippen LogP contribution >= 0.6 is 33.9 Å². The number of halogens is 2. The first kappa shape index (κ1) is 12.8. The lowest BCUT2D eigenvalue weighted by atomic mass is 10.2. The van der Waals surface area contributed by atoms with Gasteiger partial charge in [-0.3, -0.25) is 0 Å². The molecule has 0 saturated heterocycles. The van der Waals surface area contributed by atoms with E-state index in [9.17, 15) is 4.39 Å². The lowest BCUT2D eigenvalue weighted by Gasteiger charge is -2.11. The van der Waals surface area contributed by atoms with Crippen LogP contribution in [-0.4, -0.2) is 4.98 Å². The molecule has 1 aromatic heterocycles. The monoisotopic (exact) mass is 384 g/mol. The average Bonchev–Trinajstić information content (AvgIpc) is 2.85. The van der Waals surface area contributed by atoms with Crippen molar-refractivity contribution in [2.45, 2.75) is 6.92 Å². The second-order valence-corrected chi connectivity index (χ2v) is 6.31. The van der Waals surface area contributed by atoms with Crippen LogP contribution in [0.2, 0.25) is 0 Å². The van der Waals surface area contributed by atoms with E-state index in [4.69, 9.17) is 0 Å². The molecule has 0 unspecified atom stereocenters. The molecule has 2 aromatic carbocycles. The summed E-state index contributed by atoms with van der Waals surface area (Å²) in [6.45, 7) is 2.01. The molecule has 3 aromatic rings.